The Hall–Kier alpha value is -1.71. The van der Waals surface area contributed by atoms with Crippen LogP contribution in [0.2, 0.25) is 0 Å². The molecule has 0 atom stereocenters. The highest BCUT2D eigenvalue weighted by Gasteiger charge is 2.10. The van der Waals surface area contributed by atoms with E-state index in [0.29, 0.717) is 5.95 Å². The first-order valence-corrected chi connectivity index (χ1v) is 6.05. The molecular formula is C13H18N4. The van der Waals surface area contributed by atoms with E-state index in [1.165, 1.54) is 0 Å². The summed E-state index contributed by atoms with van der Waals surface area (Å²) < 4.78 is 2.03. The first-order chi connectivity index (χ1) is 8.17. The fourth-order valence-electron chi connectivity index (χ4n) is 2.01. The van der Waals surface area contributed by atoms with Crippen molar-refractivity contribution in [2.75, 3.05) is 0 Å². The Labute approximate surface area is 102 Å². The second-order valence-electron chi connectivity index (χ2n) is 4.16. The fourth-order valence-corrected chi connectivity index (χ4v) is 2.01. The molecule has 0 saturated carbocycles. The molecule has 17 heavy (non-hydrogen) atoms. The number of hydrogen-bond acceptors (Lipinski definition) is 3. The van der Waals surface area contributed by atoms with Crippen LogP contribution in [-0.2, 0) is 12.8 Å². The van der Waals surface area contributed by atoms with E-state index in [1.54, 1.807) is 0 Å². The molecule has 0 radical (unpaired) electrons. The summed E-state index contributed by atoms with van der Waals surface area (Å²) in [5, 5.41) is 8.50. The predicted molar refractivity (Wildman–Crippen MR) is 67.4 cm³/mol. The van der Waals surface area contributed by atoms with Crippen molar-refractivity contribution in [3.05, 3.63) is 34.9 Å². The van der Waals surface area contributed by atoms with Gasteiger partial charge in [-0.15, -0.1) is 10.2 Å². The zero-order valence-electron chi connectivity index (χ0n) is 10.9. The molecule has 0 bridgehead atoms. The molecule has 0 saturated heterocycles. The van der Waals surface area contributed by atoms with Gasteiger partial charge >= 0.3 is 0 Å². The second kappa shape index (κ2) is 4.65. The van der Waals surface area contributed by atoms with Crippen LogP contribution in [0.5, 0.6) is 0 Å². The molecule has 4 nitrogen and oxygen atoms in total. The summed E-state index contributed by atoms with van der Waals surface area (Å²) in [6.07, 6.45) is 1.78. The van der Waals surface area contributed by atoms with Gasteiger partial charge in [-0.1, -0.05) is 13.8 Å². The van der Waals surface area contributed by atoms with Gasteiger partial charge in [0, 0.05) is 11.4 Å². The van der Waals surface area contributed by atoms with Gasteiger partial charge in [0.05, 0.1) is 11.4 Å². The van der Waals surface area contributed by atoms with Crippen LogP contribution in [0.15, 0.2) is 12.1 Å². The molecular weight excluding hydrogens is 212 g/mol. The van der Waals surface area contributed by atoms with E-state index in [-0.39, 0.29) is 0 Å². The van der Waals surface area contributed by atoms with Crippen LogP contribution < -0.4 is 0 Å². The van der Waals surface area contributed by atoms with Crippen LogP contribution in [-0.4, -0.2) is 19.7 Å². The minimum atomic E-state index is 0.680. The maximum Gasteiger partial charge on any atom is 0.254 e. The van der Waals surface area contributed by atoms with Gasteiger partial charge in [-0.05, 0) is 38.8 Å². The third-order valence-corrected chi connectivity index (χ3v) is 2.97. The van der Waals surface area contributed by atoms with Crippen molar-refractivity contribution in [3.63, 3.8) is 0 Å². The molecule has 0 N–H and O–H groups in total. The topological polar surface area (TPSA) is 43.6 Å². The van der Waals surface area contributed by atoms with Gasteiger partial charge in [0.2, 0.25) is 0 Å². The van der Waals surface area contributed by atoms with Crippen molar-refractivity contribution in [1.29, 1.82) is 0 Å². The first-order valence-electron chi connectivity index (χ1n) is 6.05. The molecule has 2 heterocycles. The summed E-state index contributed by atoms with van der Waals surface area (Å²) in [4.78, 5) is 4.62. The second-order valence-corrected chi connectivity index (χ2v) is 4.16. The summed E-state index contributed by atoms with van der Waals surface area (Å²) in [7, 11) is 0. The molecule has 0 unspecified atom stereocenters. The number of nitrogens with zero attached hydrogens (tertiary/aromatic N) is 4. The van der Waals surface area contributed by atoms with Crippen molar-refractivity contribution in [2.45, 2.75) is 40.5 Å². The van der Waals surface area contributed by atoms with Gasteiger partial charge in [0.25, 0.3) is 5.95 Å². The lowest BCUT2D eigenvalue weighted by Crippen LogP contribution is -2.11. The zero-order valence-corrected chi connectivity index (χ0v) is 10.9. The predicted octanol–water partition coefficient (Wildman–Crippen LogP) is 2.40. The van der Waals surface area contributed by atoms with Crippen LogP contribution in [0.4, 0.5) is 0 Å². The van der Waals surface area contributed by atoms with E-state index in [2.05, 4.69) is 55.0 Å². The van der Waals surface area contributed by atoms with Gasteiger partial charge in [-0.3, -0.25) is 4.57 Å². The first kappa shape index (κ1) is 11.8. The van der Waals surface area contributed by atoms with Crippen LogP contribution in [0.25, 0.3) is 5.95 Å². The van der Waals surface area contributed by atoms with Crippen LogP contribution >= 0.6 is 0 Å². The van der Waals surface area contributed by atoms with Gasteiger partial charge in [0.15, 0.2) is 0 Å². The quantitative estimate of drug-likeness (QED) is 0.813. The summed E-state index contributed by atoms with van der Waals surface area (Å²) >= 11 is 0. The van der Waals surface area contributed by atoms with E-state index in [9.17, 15) is 0 Å². The van der Waals surface area contributed by atoms with Crippen molar-refractivity contribution in [3.8, 4) is 5.95 Å². The SMILES string of the molecule is CCc1nnc(-n2c(C)ccc2C)nc1CC. The van der Waals surface area contributed by atoms with Crippen molar-refractivity contribution in [2.24, 2.45) is 0 Å². The summed E-state index contributed by atoms with van der Waals surface area (Å²) in [5.74, 6) is 0.680. The lowest BCUT2D eigenvalue weighted by Gasteiger charge is -2.09. The Morgan fingerprint density at radius 1 is 0.941 bits per heavy atom. The molecule has 0 aliphatic rings. The molecule has 0 fully saturated rings. The Balaban J connectivity index is 2.54. The molecule has 0 aromatic carbocycles. The Kier molecular flexibility index (Phi) is 3.22. The zero-order chi connectivity index (χ0) is 12.4. The smallest absolute Gasteiger partial charge is 0.254 e. The monoisotopic (exact) mass is 230 g/mol. The standard InChI is InChI=1S/C13H18N4/c1-5-11-12(6-2)15-16-13(14-11)17-9(3)7-8-10(17)4/h7-8H,5-6H2,1-4H3. The van der Waals surface area contributed by atoms with E-state index in [1.807, 2.05) is 4.57 Å². The number of hydrogen-bond donors (Lipinski definition) is 0. The minimum Gasteiger partial charge on any atom is -0.286 e. The van der Waals surface area contributed by atoms with E-state index in [0.717, 1.165) is 35.6 Å². The highest BCUT2D eigenvalue weighted by molar-refractivity contribution is 5.26. The lowest BCUT2D eigenvalue weighted by molar-refractivity contribution is 0.758. The maximum absolute atomic E-state index is 4.62. The Bertz CT molecular complexity index is 509. The average Bonchev–Trinajstić information content (AvgIpc) is 2.68. The molecule has 2 aromatic heterocycles. The maximum atomic E-state index is 4.62. The summed E-state index contributed by atoms with van der Waals surface area (Å²) in [6.45, 7) is 8.28. The van der Waals surface area contributed by atoms with Crippen LogP contribution in [0, 0.1) is 13.8 Å². The van der Waals surface area contributed by atoms with E-state index in [4.69, 9.17) is 0 Å². The van der Waals surface area contributed by atoms with Crippen molar-refractivity contribution < 1.29 is 0 Å². The summed E-state index contributed by atoms with van der Waals surface area (Å²) in [5.41, 5.74) is 4.31. The largest absolute Gasteiger partial charge is 0.286 e. The highest BCUT2D eigenvalue weighted by Crippen LogP contribution is 2.13. The molecule has 4 heteroatoms. The minimum absolute atomic E-state index is 0.680. The van der Waals surface area contributed by atoms with Gasteiger partial charge < -0.3 is 0 Å². The van der Waals surface area contributed by atoms with E-state index < -0.39 is 0 Å². The van der Waals surface area contributed by atoms with Gasteiger partial charge in [-0.2, -0.15) is 0 Å². The van der Waals surface area contributed by atoms with E-state index >= 15 is 0 Å². The normalized spacial score (nSPS) is 10.8. The van der Waals surface area contributed by atoms with Crippen LogP contribution in [0.3, 0.4) is 0 Å². The van der Waals surface area contributed by atoms with Gasteiger partial charge in [0.1, 0.15) is 0 Å². The van der Waals surface area contributed by atoms with Gasteiger partial charge in [-0.25, -0.2) is 4.98 Å². The van der Waals surface area contributed by atoms with Crippen molar-refractivity contribution in [1.82, 2.24) is 19.7 Å². The molecule has 0 amide bonds. The molecule has 2 aromatic rings. The lowest BCUT2D eigenvalue weighted by atomic mass is 10.2. The molecule has 90 valence electrons. The number of rotatable bonds is 3. The highest BCUT2D eigenvalue weighted by atomic mass is 15.3. The Morgan fingerprint density at radius 3 is 2.06 bits per heavy atom. The number of aromatic nitrogens is 4. The van der Waals surface area contributed by atoms with Crippen LogP contribution in [0.1, 0.15) is 36.6 Å². The Morgan fingerprint density at radius 2 is 1.53 bits per heavy atom. The number of aryl methyl sites for hydroxylation is 4. The average molecular weight is 230 g/mol. The summed E-state index contributed by atoms with van der Waals surface area (Å²) in [6, 6.07) is 4.14. The molecule has 2 rings (SSSR count). The van der Waals surface area contributed by atoms with Crippen molar-refractivity contribution >= 4 is 0 Å². The third kappa shape index (κ3) is 2.07. The fraction of sp³-hybridized carbons (Fsp3) is 0.462. The third-order valence-electron chi connectivity index (χ3n) is 2.97. The molecule has 0 aliphatic carbocycles. The molecule has 0 aliphatic heterocycles. The molecule has 0 spiro atoms.